The smallest absolute Gasteiger partial charge is 0.186 e. The lowest BCUT2D eigenvalue weighted by Gasteiger charge is -2.11. The summed E-state index contributed by atoms with van der Waals surface area (Å²) in [6, 6.07) is 0. The van der Waals surface area contributed by atoms with Gasteiger partial charge in [-0.05, 0) is 0 Å². The third kappa shape index (κ3) is 1.52. The maximum Gasteiger partial charge on any atom is 0.186 e. The van der Waals surface area contributed by atoms with Crippen LogP contribution in [0.25, 0.3) is 0 Å². The molecule has 1 aliphatic rings. The number of rotatable bonds is 2. The first kappa shape index (κ1) is 7.45. The molecule has 1 saturated heterocycles. The van der Waals surface area contributed by atoms with Gasteiger partial charge in [0.2, 0.25) is 0 Å². The fourth-order valence-corrected chi connectivity index (χ4v) is 0.952. The number of aliphatic hydroxyl groups excluding tert-OH is 2. The van der Waals surface area contributed by atoms with E-state index in [0.717, 1.165) is 0 Å². The fraction of sp³-hybridized carbons (Fsp3) is 1.00. The van der Waals surface area contributed by atoms with Crippen LogP contribution < -0.4 is 0 Å². The van der Waals surface area contributed by atoms with Crippen LogP contribution in [-0.4, -0.2) is 53.6 Å². The van der Waals surface area contributed by atoms with Gasteiger partial charge in [0.05, 0.1) is 7.98 Å². The van der Waals surface area contributed by atoms with Gasteiger partial charge in [0.25, 0.3) is 0 Å². The highest BCUT2D eigenvalue weighted by molar-refractivity contribution is 4.85. The van der Waals surface area contributed by atoms with Gasteiger partial charge in [-0.1, -0.05) is 0 Å². The first-order valence-corrected chi connectivity index (χ1v) is 3.23. The summed E-state index contributed by atoms with van der Waals surface area (Å²) in [5, 5.41) is 27.1. The van der Waals surface area contributed by atoms with Gasteiger partial charge in [-0.3, -0.25) is 0 Å². The summed E-state index contributed by atoms with van der Waals surface area (Å²) in [5.41, 5.74) is 0. The minimum Gasteiger partial charge on any atom is -0.394 e. The summed E-state index contributed by atoms with van der Waals surface area (Å²) in [6.45, 7) is -0.456. The molecule has 0 radical (unpaired) electrons. The van der Waals surface area contributed by atoms with E-state index in [9.17, 15) is 10.2 Å². The SMILES string of the molecule is [2H][C@]1(O)C(OC)O[C@H](CO)[C@H]1O. The van der Waals surface area contributed by atoms with Gasteiger partial charge >= 0.3 is 0 Å². The lowest BCUT2D eigenvalue weighted by Crippen LogP contribution is -2.34. The quantitative estimate of drug-likeness (QED) is 0.444. The number of aliphatic hydroxyl groups is 3. The molecule has 0 aromatic heterocycles. The van der Waals surface area contributed by atoms with E-state index in [4.69, 9.17) is 11.2 Å². The summed E-state index contributed by atoms with van der Waals surface area (Å²) in [5.74, 6) is 0. The van der Waals surface area contributed by atoms with Gasteiger partial charge in [-0.25, -0.2) is 0 Å². The molecule has 0 saturated carbocycles. The Morgan fingerprint density at radius 2 is 2.27 bits per heavy atom. The number of methoxy groups -OCH3 is 1. The van der Waals surface area contributed by atoms with E-state index in [1.165, 1.54) is 7.11 Å². The minimum atomic E-state index is -2.21. The van der Waals surface area contributed by atoms with Crippen LogP contribution in [0.1, 0.15) is 1.37 Å². The van der Waals surface area contributed by atoms with Crippen molar-refractivity contribution in [3.05, 3.63) is 0 Å². The van der Waals surface area contributed by atoms with Gasteiger partial charge in [-0.15, -0.1) is 0 Å². The molecule has 1 rings (SSSR count). The van der Waals surface area contributed by atoms with Gasteiger partial charge in [0, 0.05) is 7.11 Å². The molecule has 4 atom stereocenters. The van der Waals surface area contributed by atoms with Crippen molar-refractivity contribution in [1.29, 1.82) is 0 Å². The van der Waals surface area contributed by atoms with Gasteiger partial charge < -0.3 is 24.8 Å². The van der Waals surface area contributed by atoms with Crippen LogP contribution in [0, 0.1) is 0 Å². The highest BCUT2D eigenvalue weighted by atomic mass is 16.7. The van der Waals surface area contributed by atoms with Crippen LogP contribution >= 0.6 is 0 Å². The van der Waals surface area contributed by atoms with Crippen molar-refractivity contribution in [3.8, 4) is 0 Å². The van der Waals surface area contributed by atoms with Crippen molar-refractivity contribution in [3.63, 3.8) is 0 Å². The summed E-state index contributed by atoms with van der Waals surface area (Å²) >= 11 is 0. The van der Waals surface area contributed by atoms with E-state index in [2.05, 4.69) is 4.74 Å². The average molecular weight is 165 g/mol. The first-order valence-electron chi connectivity index (χ1n) is 3.73. The standard InChI is InChI=1S/C6H12O5/c1-10-6-5(9)4(8)3(2-7)11-6/h3-9H,2H2,1H3/t3-,4-,5-,6?/m1/s1/i5D. The summed E-state index contributed by atoms with van der Waals surface area (Å²) in [7, 11) is 1.25. The number of hydrogen-bond acceptors (Lipinski definition) is 5. The predicted molar refractivity (Wildman–Crippen MR) is 34.8 cm³/mol. The third-order valence-electron chi connectivity index (χ3n) is 1.59. The number of hydrogen-bond donors (Lipinski definition) is 3. The highest BCUT2D eigenvalue weighted by Gasteiger charge is 2.42. The molecule has 11 heavy (non-hydrogen) atoms. The maximum absolute atomic E-state index is 9.28. The van der Waals surface area contributed by atoms with Crippen molar-refractivity contribution < 1.29 is 26.2 Å². The molecule has 66 valence electrons. The Morgan fingerprint density at radius 1 is 1.64 bits per heavy atom. The molecule has 0 aliphatic carbocycles. The molecule has 1 heterocycles. The summed E-state index contributed by atoms with van der Waals surface area (Å²) < 4.78 is 16.7. The van der Waals surface area contributed by atoms with E-state index in [1.807, 2.05) is 0 Å². The molecule has 0 aromatic rings. The van der Waals surface area contributed by atoms with Crippen molar-refractivity contribution in [2.75, 3.05) is 13.7 Å². The second kappa shape index (κ2) is 3.46. The fourth-order valence-electron chi connectivity index (χ4n) is 0.952. The first-order chi connectivity index (χ1) is 5.54. The van der Waals surface area contributed by atoms with Crippen LogP contribution in [-0.2, 0) is 9.47 Å². The van der Waals surface area contributed by atoms with E-state index in [1.54, 1.807) is 0 Å². The van der Waals surface area contributed by atoms with Crippen molar-refractivity contribution >= 4 is 0 Å². The Morgan fingerprint density at radius 3 is 2.55 bits per heavy atom. The topological polar surface area (TPSA) is 79.2 Å². The molecular formula is C6H12O5. The predicted octanol–water partition coefficient (Wildman–Crippen LogP) is -1.93. The molecule has 0 bridgehead atoms. The Kier molecular flexibility index (Phi) is 2.35. The van der Waals surface area contributed by atoms with E-state index in [0.29, 0.717) is 0 Å². The monoisotopic (exact) mass is 165 g/mol. The Hall–Kier alpha value is -0.200. The Bertz CT molecular complexity index is 158. The molecule has 0 spiro atoms. The van der Waals surface area contributed by atoms with Crippen molar-refractivity contribution in [2.45, 2.75) is 24.6 Å². The van der Waals surface area contributed by atoms with Crippen molar-refractivity contribution in [2.24, 2.45) is 0 Å². The van der Waals surface area contributed by atoms with Gasteiger partial charge in [0.1, 0.15) is 18.3 Å². The molecule has 1 fully saturated rings. The Balaban J connectivity index is 2.73. The Labute approximate surface area is 65.6 Å². The van der Waals surface area contributed by atoms with E-state index >= 15 is 0 Å². The lowest BCUT2D eigenvalue weighted by atomic mass is 10.1. The molecule has 0 aromatic carbocycles. The zero-order valence-corrected chi connectivity index (χ0v) is 6.10. The van der Waals surface area contributed by atoms with Crippen LogP contribution in [0.2, 0.25) is 0 Å². The van der Waals surface area contributed by atoms with Crippen LogP contribution in [0.3, 0.4) is 0 Å². The molecule has 1 unspecified atom stereocenters. The zero-order chi connectivity index (χ0) is 9.35. The molecule has 1 aliphatic heterocycles. The average Bonchev–Trinajstić information content (AvgIpc) is 2.25. The lowest BCUT2D eigenvalue weighted by molar-refractivity contribution is -0.153. The third-order valence-corrected chi connectivity index (χ3v) is 1.59. The van der Waals surface area contributed by atoms with E-state index < -0.39 is 31.2 Å². The van der Waals surface area contributed by atoms with Crippen LogP contribution in [0.15, 0.2) is 0 Å². The van der Waals surface area contributed by atoms with Crippen LogP contribution in [0.5, 0.6) is 0 Å². The summed E-state index contributed by atoms with van der Waals surface area (Å²) in [4.78, 5) is 0. The molecular weight excluding hydrogens is 152 g/mol. The largest absolute Gasteiger partial charge is 0.394 e. The zero-order valence-electron chi connectivity index (χ0n) is 7.10. The maximum atomic E-state index is 9.28. The minimum absolute atomic E-state index is 0.456. The van der Waals surface area contributed by atoms with Crippen LogP contribution in [0.4, 0.5) is 0 Å². The summed E-state index contributed by atoms with van der Waals surface area (Å²) in [6.07, 6.45) is -5.84. The molecule has 0 amide bonds. The number of ether oxygens (including phenoxy) is 2. The van der Waals surface area contributed by atoms with Crippen molar-refractivity contribution in [1.82, 2.24) is 0 Å². The van der Waals surface area contributed by atoms with E-state index in [-0.39, 0.29) is 0 Å². The molecule has 3 N–H and O–H groups in total. The molecule has 5 nitrogen and oxygen atoms in total. The van der Waals surface area contributed by atoms with Gasteiger partial charge in [0.15, 0.2) is 6.29 Å². The second-order valence-electron chi connectivity index (χ2n) is 2.29. The molecule has 5 heteroatoms. The van der Waals surface area contributed by atoms with Gasteiger partial charge in [-0.2, -0.15) is 0 Å². The highest BCUT2D eigenvalue weighted by Crippen LogP contribution is 2.20. The normalized spacial score (nSPS) is 52.7. The second-order valence-corrected chi connectivity index (χ2v) is 2.29.